The van der Waals surface area contributed by atoms with Gasteiger partial charge in [0.1, 0.15) is 0 Å². The van der Waals surface area contributed by atoms with Crippen molar-refractivity contribution in [3.8, 4) is 0 Å². The van der Waals surface area contributed by atoms with Gasteiger partial charge in [-0.3, -0.25) is 0 Å². The Hall–Kier alpha value is -1.03. The molecule has 0 unspecified atom stereocenters. The molecule has 0 atom stereocenters. The van der Waals surface area contributed by atoms with Gasteiger partial charge in [0.15, 0.2) is 5.11 Å². The first kappa shape index (κ1) is 15.0. The van der Waals surface area contributed by atoms with Crippen LogP contribution in [0.4, 0.5) is 5.69 Å². The molecule has 1 aromatic rings. The van der Waals surface area contributed by atoms with Gasteiger partial charge in [0.2, 0.25) is 0 Å². The Morgan fingerprint density at radius 3 is 2.39 bits per heavy atom. The molecule has 1 N–H and O–H groups in total. The molecule has 0 heterocycles. The molecule has 0 saturated carbocycles. The summed E-state index contributed by atoms with van der Waals surface area (Å²) in [5, 5.41) is 4.76. The zero-order chi connectivity index (χ0) is 13.5. The first-order chi connectivity index (χ1) is 8.58. The maximum absolute atomic E-state index is 6.07. The molecule has 0 bridgehead atoms. The first-order valence-corrected chi connectivity index (χ1v) is 6.47. The van der Waals surface area contributed by atoms with Crippen molar-refractivity contribution in [3.05, 3.63) is 53.6 Å². The second kappa shape index (κ2) is 7.41. The van der Waals surface area contributed by atoms with E-state index in [4.69, 9.17) is 35.4 Å². The Bertz CT molecular complexity index is 450. The van der Waals surface area contributed by atoms with Crippen LogP contribution in [0.1, 0.15) is 0 Å². The Kier molecular flexibility index (Phi) is 6.19. The summed E-state index contributed by atoms with van der Waals surface area (Å²) in [6, 6.07) is 5.21. The molecule has 1 rings (SSSR count). The number of rotatable bonds is 5. The molecule has 0 aliphatic rings. The standard InChI is InChI=1S/C13H14Cl2N2S/c1-3-7-17(8-4-2)13(18)16-12-6-5-10(14)9-11(12)15/h3-6,9H,1-2,7-8H2,(H,16,18). The summed E-state index contributed by atoms with van der Waals surface area (Å²) in [4.78, 5) is 1.92. The van der Waals surface area contributed by atoms with Crippen molar-refractivity contribution in [2.75, 3.05) is 18.4 Å². The quantitative estimate of drug-likeness (QED) is 0.642. The molecular weight excluding hydrogens is 287 g/mol. The van der Waals surface area contributed by atoms with Crippen molar-refractivity contribution in [1.29, 1.82) is 0 Å². The zero-order valence-electron chi connectivity index (χ0n) is 9.83. The molecule has 0 amide bonds. The Morgan fingerprint density at radius 2 is 1.89 bits per heavy atom. The first-order valence-electron chi connectivity index (χ1n) is 5.31. The third kappa shape index (κ3) is 4.33. The second-order valence-corrected chi connectivity index (χ2v) is 4.77. The Morgan fingerprint density at radius 1 is 1.28 bits per heavy atom. The van der Waals surface area contributed by atoms with Crippen LogP contribution in [-0.2, 0) is 0 Å². The van der Waals surface area contributed by atoms with Crippen LogP contribution in [0.3, 0.4) is 0 Å². The highest BCUT2D eigenvalue weighted by Crippen LogP contribution is 2.25. The van der Waals surface area contributed by atoms with Crippen LogP contribution >= 0.6 is 35.4 Å². The van der Waals surface area contributed by atoms with Gasteiger partial charge in [0, 0.05) is 18.1 Å². The van der Waals surface area contributed by atoms with Gasteiger partial charge in [-0.1, -0.05) is 35.4 Å². The molecular formula is C13H14Cl2N2S. The summed E-state index contributed by atoms with van der Waals surface area (Å²) in [5.74, 6) is 0. The number of thiocarbonyl (C=S) groups is 1. The van der Waals surface area contributed by atoms with E-state index in [0.717, 1.165) is 5.69 Å². The zero-order valence-corrected chi connectivity index (χ0v) is 12.2. The van der Waals surface area contributed by atoms with E-state index in [1.54, 1.807) is 30.4 Å². The van der Waals surface area contributed by atoms with Crippen molar-refractivity contribution in [3.63, 3.8) is 0 Å². The molecule has 2 nitrogen and oxygen atoms in total. The molecule has 0 fully saturated rings. The van der Waals surface area contributed by atoms with Gasteiger partial charge >= 0.3 is 0 Å². The summed E-state index contributed by atoms with van der Waals surface area (Å²) in [6.07, 6.45) is 3.56. The minimum absolute atomic E-state index is 0.530. The van der Waals surface area contributed by atoms with E-state index in [0.29, 0.717) is 28.2 Å². The van der Waals surface area contributed by atoms with Crippen molar-refractivity contribution in [2.24, 2.45) is 0 Å². The van der Waals surface area contributed by atoms with Crippen LogP contribution < -0.4 is 5.32 Å². The maximum Gasteiger partial charge on any atom is 0.174 e. The number of nitrogens with one attached hydrogen (secondary N) is 1. The normalized spacial score (nSPS) is 9.67. The molecule has 0 spiro atoms. The van der Waals surface area contributed by atoms with Crippen LogP contribution in [-0.4, -0.2) is 23.1 Å². The van der Waals surface area contributed by atoms with Crippen LogP contribution in [0.25, 0.3) is 0 Å². The van der Waals surface area contributed by atoms with Gasteiger partial charge in [-0.25, -0.2) is 0 Å². The van der Waals surface area contributed by atoms with E-state index in [2.05, 4.69) is 18.5 Å². The average molecular weight is 301 g/mol. The Labute approximate surface area is 123 Å². The molecule has 0 aromatic heterocycles. The summed E-state index contributed by atoms with van der Waals surface area (Å²) < 4.78 is 0. The topological polar surface area (TPSA) is 15.3 Å². The van der Waals surface area contributed by atoms with Crippen molar-refractivity contribution >= 4 is 46.2 Å². The number of benzene rings is 1. The highest BCUT2D eigenvalue weighted by molar-refractivity contribution is 7.80. The highest BCUT2D eigenvalue weighted by Gasteiger charge is 2.08. The van der Waals surface area contributed by atoms with E-state index in [9.17, 15) is 0 Å². The third-order valence-corrected chi connectivity index (χ3v) is 3.07. The fraction of sp³-hybridized carbons (Fsp3) is 0.154. The van der Waals surface area contributed by atoms with Crippen molar-refractivity contribution in [1.82, 2.24) is 4.90 Å². The molecule has 5 heteroatoms. The third-order valence-electron chi connectivity index (χ3n) is 2.16. The van der Waals surface area contributed by atoms with Gasteiger partial charge in [-0.15, -0.1) is 13.2 Å². The number of nitrogens with zero attached hydrogens (tertiary/aromatic N) is 1. The van der Waals surface area contributed by atoms with E-state index < -0.39 is 0 Å². The average Bonchev–Trinajstić information content (AvgIpc) is 2.32. The number of halogens is 2. The molecule has 0 radical (unpaired) electrons. The van der Waals surface area contributed by atoms with Crippen LogP contribution in [0, 0.1) is 0 Å². The van der Waals surface area contributed by atoms with E-state index in [-0.39, 0.29) is 0 Å². The fourth-order valence-corrected chi connectivity index (χ4v) is 2.05. The van der Waals surface area contributed by atoms with Crippen molar-refractivity contribution < 1.29 is 0 Å². The molecule has 0 saturated heterocycles. The Balaban J connectivity index is 2.78. The molecule has 0 aliphatic carbocycles. The largest absolute Gasteiger partial charge is 0.342 e. The summed E-state index contributed by atoms with van der Waals surface area (Å²) in [6.45, 7) is 8.67. The summed E-state index contributed by atoms with van der Waals surface area (Å²) in [5.41, 5.74) is 0.726. The van der Waals surface area contributed by atoms with Crippen LogP contribution in [0.15, 0.2) is 43.5 Å². The monoisotopic (exact) mass is 300 g/mol. The lowest BCUT2D eigenvalue weighted by Gasteiger charge is -2.23. The van der Waals surface area contributed by atoms with Crippen LogP contribution in [0.2, 0.25) is 10.0 Å². The van der Waals surface area contributed by atoms with E-state index in [1.165, 1.54) is 0 Å². The number of anilines is 1. The summed E-state index contributed by atoms with van der Waals surface area (Å²) in [7, 11) is 0. The lowest BCUT2D eigenvalue weighted by Crippen LogP contribution is -2.35. The second-order valence-electron chi connectivity index (χ2n) is 3.54. The fourth-order valence-electron chi connectivity index (χ4n) is 1.34. The van der Waals surface area contributed by atoms with Gasteiger partial charge in [-0.05, 0) is 30.4 Å². The van der Waals surface area contributed by atoms with E-state index >= 15 is 0 Å². The molecule has 18 heavy (non-hydrogen) atoms. The lowest BCUT2D eigenvalue weighted by atomic mass is 10.3. The minimum Gasteiger partial charge on any atom is -0.342 e. The predicted octanol–water partition coefficient (Wildman–Crippen LogP) is 4.36. The SMILES string of the molecule is C=CCN(CC=C)C(=S)Nc1ccc(Cl)cc1Cl. The van der Waals surface area contributed by atoms with Crippen LogP contribution in [0.5, 0.6) is 0 Å². The van der Waals surface area contributed by atoms with Gasteiger partial charge in [-0.2, -0.15) is 0 Å². The molecule has 1 aromatic carbocycles. The van der Waals surface area contributed by atoms with Gasteiger partial charge < -0.3 is 10.2 Å². The number of hydrogen-bond donors (Lipinski definition) is 1. The smallest absolute Gasteiger partial charge is 0.174 e. The lowest BCUT2D eigenvalue weighted by molar-refractivity contribution is 0.522. The number of hydrogen-bond acceptors (Lipinski definition) is 1. The summed E-state index contributed by atoms with van der Waals surface area (Å²) >= 11 is 17.2. The maximum atomic E-state index is 6.07. The van der Waals surface area contributed by atoms with E-state index in [1.807, 2.05) is 4.90 Å². The molecule has 96 valence electrons. The van der Waals surface area contributed by atoms with Crippen molar-refractivity contribution in [2.45, 2.75) is 0 Å². The van der Waals surface area contributed by atoms with Gasteiger partial charge in [0.05, 0.1) is 10.7 Å². The van der Waals surface area contributed by atoms with Gasteiger partial charge in [0.25, 0.3) is 0 Å². The highest BCUT2D eigenvalue weighted by atomic mass is 35.5. The minimum atomic E-state index is 0.530. The predicted molar refractivity (Wildman–Crippen MR) is 84.6 cm³/mol. The molecule has 0 aliphatic heterocycles.